The van der Waals surface area contributed by atoms with Crippen LogP contribution in [0.4, 0.5) is 0 Å². The minimum absolute atomic E-state index is 0.366. The van der Waals surface area contributed by atoms with Crippen molar-refractivity contribution in [2.24, 2.45) is 0 Å². The van der Waals surface area contributed by atoms with E-state index in [1.165, 1.54) is 0 Å². The second kappa shape index (κ2) is 5.37. The van der Waals surface area contributed by atoms with E-state index in [2.05, 4.69) is 5.32 Å². The van der Waals surface area contributed by atoms with E-state index in [4.69, 9.17) is 9.84 Å². The number of carbonyl (C=O) groups is 2. The van der Waals surface area contributed by atoms with Crippen molar-refractivity contribution in [3.8, 4) is 5.75 Å². The highest BCUT2D eigenvalue weighted by atomic mass is 16.5. The summed E-state index contributed by atoms with van der Waals surface area (Å²) in [4.78, 5) is 22.8. The molecule has 0 aromatic heterocycles. The number of aliphatic hydroxyl groups is 1. The number of rotatable bonds is 4. The molecule has 1 amide bonds. The van der Waals surface area contributed by atoms with Crippen molar-refractivity contribution in [2.75, 3.05) is 6.54 Å². The fourth-order valence-corrected chi connectivity index (χ4v) is 2.11. The van der Waals surface area contributed by atoms with Crippen molar-refractivity contribution < 1.29 is 24.5 Å². The van der Waals surface area contributed by atoms with Crippen LogP contribution in [0.3, 0.4) is 0 Å². The van der Waals surface area contributed by atoms with Crippen LogP contribution in [0, 0.1) is 13.8 Å². The maximum atomic E-state index is 12.0. The zero-order valence-corrected chi connectivity index (χ0v) is 12.3. The van der Waals surface area contributed by atoms with Crippen LogP contribution in [-0.2, 0) is 16.0 Å². The Morgan fingerprint density at radius 1 is 1.38 bits per heavy atom. The maximum Gasteiger partial charge on any atom is 0.337 e. The molecule has 0 saturated carbocycles. The molecule has 1 aromatic rings. The van der Waals surface area contributed by atoms with Crippen LogP contribution in [0.1, 0.15) is 23.6 Å². The highest BCUT2D eigenvalue weighted by Crippen LogP contribution is 2.31. The van der Waals surface area contributed by atoms with Gasteiger partial charge in [0.1, 0.15) is 5.75 Å². The van der Waals surface area contributed by atoms with Gasteiger partial charge in [0.25, 0.3) is 5.91 Å². The van der Waals surface area contributed by atoms with E-state index in [1.54, 1.807) is 0 Å². The van der Waals surface area contributed by atoms with Crippen molar-refractivity contribution in [1.82, 2.24) is 5.32 Å². The van der Waals surface area contributed by atoms with E-state index in [-0.39, 0.29) is 6.54 Å². The molecule has 21 heavy (non-hydrogen) atoms. The summed E-state index contributed by atoms with van der Waals surface area (Å²) in [5.74, 6) is -1.13. The van der Waals surface area contributed by atoms with Gasteiger partial charge in [-0.3, -0.25) is 4.79 Å². The number of aliphatic carboxylic acids is 1. The van der Waals surface area contributed by atoms with Gasteiger partial charge < -0.3 is 20.3 Å². The molecule has 1 aromatic carbocycles. The fraction of sp³-hybridized carbons (Fsp3) is 0.467. The van der Waals surface area contributed by atoms with E-state index >= 15 is 0 Å². The van der Waals surface area contributed by atoms with Gasteiger partial charge >= 0.3 is 5.97 Å². The number of amides is 1. The summed E-state index contributed by atoms with van der Waals surface area (Å²) in [6.45, 7) is 4.73. The smallest absolute Gasteiger partial charge is 0.337 e. The van der Waals surface area contributed by atoms with Gasteiger partial charge in [-0.25, -0.2) is 4.79 Å². The third-order valence-corrected chi connectivity index (χ3v) is 3.71. The first kappa shape index (κ1) is 15.3. The van der Waals surface area contributed by atoms with Gasteiger partial charge in [0.2, 0.25) is 0 Å². The zero-order valence-electron chi connectivity index (χ0n) is 12.3. The summed E-state index contributed by atoms with van der Waals surface area (Å²) < 4.78 is 5.59. The minimum Gasteiger partial charge on any atom is -0.480 e. The monoisotopic (exact) mass is 293 g/mol. The lowest BCUT2D eigenvalue weighted by atomic mass is 10.0. The summed E-state index contributed by atoms with van der Waals surface area (Å²) >= 11 is 0. The molecule has 0 bridgehead atoms. The molecule has 0 radical (unpaired) electrons. The van der Waals surface area contributed by atoms with Gasteiger partial charge in [-0.05, 0) is 43.5 Å². The molecule has 1 heterocycles. The zero-order chi connectivity index (χ0) is 15.8. The molecule has 2 unspecified atom stereocenters. The van der Waals surface area contributed by atoms with Crippen LogP contribution in [0.2, 0.25) is 0 Å². The van der Waals surface area contributed by atoms with Crippen molar-refractivity contribution in [3.05, 3.63) is 28.8 Å². The standard InChI is InChI=1S/C15H19NO5/c1-8-4-10-6-12(21-11(10)5-9(8)2)13(17)16-7-15(3,20)14(18)19/h4-5,12,20H,6-7H2,1-3H3,(H,16,17)(H,18,19). The third-order valence-electron chi connectivity index (χ3n) is 3.71. The summed E-state index contributed by atoms with van der Waals surface area (Å²) in [5, 5.41) is 20.8. The quantitative estimate of drug-likeness (QED) is 0.754. The molecule has 2 atom stereocenters. The minimum atomic E-state index is -1.99. The summed E-state index contributed by atoms with van der Waals surface area (Å²) in [6.07, 6.45) is -0.247. The van der Waals surface area contributed by atoms with E-state index in [0.29, 0.717) is 12.2 Å². The first-order valence-electron chi connectivity index (χ1n) is 6.71. The lowest BCUT2D eigenvalue weighted by Gasteiger charge is -2.19. The number of carboxylic acid groups (broad SMARTS) is 1. The Morgan fingerprint density at radius 3 is 2.62 bits per heavy atom. The Morgan fingerprint density at radius 2 is 2.00 bits per heavy atom. The third kappa shape index (κ3) is 3.16. The second-order valence-electron chi connectivity index (χ2n) is 5.65. The molecule has 3 N–H and O–H groups in total. The number of fused-ring (bicyclic) bond motifs is 1. The largest absolute Gasteiger partial charge is 0.480 e. The topological polar surface area (TPSA) is 95.9 Å². The predicted octanol–water partition coefficient (Wildman–Crippen LogP) is 0.559. The van der Waals surface area contributed by atoms with Crippen LogP contribution in [0.15, 0.2) is 12.1 Å². The van der Waals surface area contributed by atoms with Gasteiger partial charge in [-0.2, -0.15) is 0 Å². The first-order valence-corrected chi connectivity index (χ1v) is 6.71. The number of nitrogens with one attached hydrogen (secondary N) is 1. The van der Waals surface area contributed by atoms with Gasteiger partial charge in [0.15, 0.2) is 11.7 Å². The highest BCUT2D eigenvalue weighted by Gasteiger charge is 2.34. The lowest BCUT2D eigenvalue weighted by Crippen LogP contribution is -2.49. The average molecular weight is 293 g/mol. The number of carbonyl (C=O) groups excluding carboxylic acids is 1. The highest BCUT2D eigenvalue weighted by molar-refractivity contribution is 5.84. The van der Waals surface area contributed by atoms with Crippen molar-refractivity contribution >= 4 is 11.9 Å². The number of hydrogen-bond acceptors (Lipinski definition) is 4. The van der Waals surface area contributed by atoms with Crippen LogP contribution >= 0.6 is 0 Å². The van der Waals surface area contributed by atoms with Crippen molar-refractivity contribution in [2.45, 2.75) is 38.9 Å². The number of ether oxygens (including phenoxy) is 1. The molecular formula is C15H19NO5. The molecular weight excluding hydrogens is 274 g/mol. The molecule has 0 saturated heterocycles. The summed E-state index contributed by atoms with van der Waals surface area (Å²) in [6, 6.07) is 3.89. The first-order chi connectivity index (χ1) is 9.70. The second-order valence-corrected chi connectivity index (χ2v) is 5.65. The normalized spacial score (nSPS) is 19.3. The SMILES string of the molecule is Cc1cc2c(cc1C)OC(C(=O)NCC(C)(O)C(=O)O)C2. The number of carboxylic acids is 1. The Hall–Kier alpha value is -2.08. The summed E-state index contributed by atoms with van der Waals surface area (Å²) in [5.41, 5.74) is 1.19. The molecule has 6 heteroatoms. The van der Waals surface area contributed by atoms with Gasteiger partial charge in [0, 0.05) is 6.42 Å². The lowest BCUT2D eigenvalue weighted by molar-refractivity contribution is -0.156. The number of benzene rings is 1. The molecule has 6 nitrogen and oxygen atoms in total. The number of hydrogen-bond donors (Lipinski definition) is 3. The number of aryl methyl sites for hydroxylation is 2. The molecule has 1 aliphatic rings. The molecule has 1 aliphatic heterocycles. The molecule has 0 aliphatic carbocycles. The molecule has 0 spiro atoms. The van der Waals surface area contributed by atoms with Crippen LogP contribution in [0.25, 0.3) is 0 Å². The molecule has 2 rings (SSSR count). The summed E-state index contributed by atoms with van der Waals surface area (Å²) in [7, 11) is 0. The van der Waals surface area contributed by atoms with Gasteiger partial charge in [-0.15, -0.1) is 0 Å². The van der Waals surface area contributed by atoms with Gasteiger partial charge in [0.05, 0.1) is 6.54 Å². The average Bonchev–Trinajstić information content (AvgIpc) is 2.79. The van der Waals surface area contributed by atoms with E-state index < -0.39 is 23.6 Å². The van der Waals surface area contributed by atoms with Crippen LogP contribution in [-0.4, -0.2) is 40.3 Å². The predicted molar refractivity (Wildman–Crippen MR) is 75.3 cm³/mol. The Bertz CT molecular complexity index is 563. The van der Waals surface area contributed by atoms with E-state index in [9.17, 15) is 14.7 Å². The van der Waals surface area contributed by atoms with Crippen LogP contribution in [0.5, 0.6) is 5.75 Å². The van der Waals surface area contributed by atoms with E-state index in [0.717, 1.165) is 23.6 Å². The van der Waals surface area contributed by atoms with Crippen LogP contribution < -0.4 is 10.1 Å². The molecule has 114 valence electrons. The van der Waals surface area contributed by atoms with Gasteiger partial charge in [-0.1, -0.05) is 6.07 Å². The van der Waals surface area contributed by atoms with Crippen molar-refractivity contribution in [1.29, 1.82) is 0 Å². The Balaban J connectivity index is 1.99. The van der Waals surface area contributed by atoms with E-state index in [1.807, 2.05) is 26.0 Å². The van der Waals surface area contributed by atoms with Crippen molar-refractivity contribution in [3.63, 3.8) is 0 Å². The Labute approximate surface area is 122 Å². The fourth-order valence-electron chi connectivity index (χ4n) is 2.11. The maximum absolute atomic E-state index is 12.0. The molecule has 0 fully saturated rings. The Kier molecular flexibility index (Phi) is 3.91.